The van der Waals surface area contributed by atoms with E-state index in [9.17, 15) is 4.79 Å². The molecule has 0 fully saturated rings. The van der Waals surface area contributed by atoms with Gasteiger partial charge in [-0.1, -0.05) is 6.92 Å². The van der Waals surface area contributed by atoms with Crippen LogP contribution in [0.2, 0.25) is 0 Å². The van der Waals surface area contributed by atoms with Gasteiger partial charge in [-0.3, -0.25) is 4.79 Å². The van der Waals surface area contributed by atoms with Crippen LogP contribution in [0, 0.1) is 5.92 Å². The van der Waals surface area contributed by atoms with E-state index in [0.717, 1.165) is 12.0 Å². The third kappa shape index (κ3) is 5.14. The number of hydrogen-bond acceptors (Lipinski definition) is 4. The molecular formula is C13H21N3O2. The molecule has 0 aliphatic heterocycles. The molecule has 1 aromatic rings. The molecule has 0 saturated carbocycles. The Labute approximate surface area is 108 Å². The van der Waals surface area contributed by atoms with Gasteiger partial charge in [-0.15, -0.1) is 0 Å². The average Bonchev–Trinajstić information content (AvgIpc) is 2.42. The van der Waals surface area contributed by atoms with Crippen LogP contribution in [0.1, 0.15) is 25.3 Å². The van der Waals surface area contributed by atoms with E-state index >= 15 is 0 Å². The maximum atomic E-state index is 11.6. The Kier molecular flexibility index (Phi) is 6.14. The van der Waals surface area contributed by atoms with Gasteiger partial charge in [0.1, 0.15) is 0 Å². The van der Waals surface area contributed by atoms with Crippen molar-refractivity contribution in [3.63, 3.8) is 0 Å². The summed E-state index contributed by atoms with van der Waals surface area (Å²) in [5, 5.41) is 2.87. The molecular weight excluding hydrogens is 230 g/mol. The largest absolute Gasteiger partial charge is 0.481 e. The van der Waals surface area contributed by atoms with Crippen LogP contribution in [-0.2, 0) is 11.3 Å². The monoisotopic (exact) mass is 251 g/mol. The fraction of sp³-hybridized carbons (Fsp3) is 0.538. The summed E-state index contributed by atoms with van der Waals surface area (Å²) in [7, 11) is 1.57. The number of aromatic nitrogens is 1. The summed E-state index contributed by atoms with van der Waals surface area (Å²) >= 11 is 0. The number of amides is 1. The Morgan fingerprint density at radius 3 is 3.06 bits per heavy atom. The van der Waals surface area contributed by atoms with E-state index in [-0.39, 0.29) is 5.91 Å². The highest BCUT2D eigenvalue weighted by Crippen LogP contribution is 2.08. The number of nitrogens with two attached hydrogens (primary N) is 1. The fourth-order valence-corrected chi connectivity index (χ4v) is 1.46. The number of hydrogen-bond donors (Lipinski definition) is 2. The Hall–Kier alpha value is -1.62. The first-order valence-corrected chi connectivity index (χ1v) is 6.11. The number of nitrogens with one attached hydrogen (secondary N) is 1. The molecule has 5 heteroatoms. The zero-order valence-electron chi connectivity index (χ0n) is 11.0. The van der Waals surface area contributed by atoms with Crippen molar-refractivity contribution >= 4 is 5.91 Å². The molecule has 0 aliphatic carbocycles. The van der Waals surface area contributed by atoms with Gasteiger partial charge >= 0.3 is 0 Å². The van der Waals surface area contributed by atoms with Crippen molar-refractivity contribution in [1.82, 2.24) is 10.3 Å². The number of rotatable bonds is 7. The quantitative estimate of drug-likeness (QED) is 0.760. The maximum absolute atomic E-state index is 11.6. The molecule has 3 N–H and O–H groups in total. The van der Waals surface area contributed by atoms with Crippen LogP contribution in [0.25, 0.3) is 0 Å². The van der Waals surface area contributed by atoms with Crippen molar-refractivity contribution in [3.05, 3.63) is 23.9 Å². The van der Waals surface area contributed by atoms with Crippen molar-refractivity contribution in [2.45, 2.75) is 26.3 Å². The number of carbonyl (C=O) groups excluding carboxylic acids is 1. The topological polar surface area (TPSA) is 77.2 Å². The lowest BCUT2D eigenvalue weighted by Crippen LogP contribution is -2.24. The molecule has 1 heterocycles. The highest BCUT2D eigenvalue weighted by atomic mass is 16.5. The second-order valence-corrected chi connectivity index (χ2v) is 4.36. The van der Waals surface area contributed by atoms with Gasteiger partial charge in [0.05, 0.1) is 7.11 Å². The number of nitrogens with zero attached hydrogens (tertiary/aromatic N) is 1. The summed E-state index contributed by atoms with van der Waals surface area (Å²) in [5.41, 5.74) is 6.48. The zero-order chi connectivity index (χ0) is 13.4. The van der Waals surface area contributed by atoms with E-state index in [0.29, 0.717) is 31.3 Å². The Balaban J connectivity index is 2.33. The van der Waals surface area contributed by atoms with E-state index in [2.05, 4.69) is 10.3 Å². The van der Waals surface area contributed by atoms with E-state index < -0.39 is 0 Å². The standard InChI is InChI=1S/C13H21N3O2/c1-10(8-14)3-4-12(17)16-9-11-5-6-15-13(7-11)18-2/h5-7,10H,3-4,8-9,14H2,1-2H3,(H,16,17). The van der Waals surface area contributed by atoms with Gasteiger partial charge in [0.2, 0.25) is 11.8 Å². The smallest absolute Gasteiger partial charge is 0.220 e. The van der Waals surface area contributed by atoms with Gasteiger partial charge in [0.25, 0.3) is 0 Å². The summed E-state index contributed by atoms with van der Waals surface area (Å²) in [4.78, 5) is 15.6. The summed E-state index contributed by atoms with van der Waals surface area (Å²) < 4.78 is 5.02. The van der Waals surface area contributed by atoms with E-state index in [1.807, 2.05) is 19.1 Å². The van der Waals surface area contributed by atoms with Crippen LogP contribution in [0.15, 0.2) is 18.3 Å². The summed E-state index contributed by atoms with van der Waals surface area (Å²) in [6.45, 7) is 3.16. The Morgan fingerprint density at radius 1 is 1.61 bits per heavy atom. The van der Waals surface area contributed by atoms with Gasteiger partial charge in [0.15, 0.2) is 0 Å². The average molecular weight is 251 g/mol. The molecule has 18 heavy (non-hydrogen) atoms. The number of carbonyl (C=O) groups is 1. The third-order valence-corrected chi connectivity index (χ3v) is 2.76. The number of pyridine rings is 1. The zero-order valence-corrected chi connectivity index (χ0v) is 11.0. The van der Waals surface area contributed by atoms with Gasteiger partial charge in [-0.05, 0) is 30.5 Å². The Bertz CT molecular complexity index is 382. The highest BCUT2D eigenvalue weighted by molar-refractivity contribution is 5.75. The van der Waals surface area contributed by atoms with Gasteiger partial charge in [-0.2, -0.15) is 0 Å². The van der Waals surface area contributed by atoms with Crippen LogP contribution in [0.4, 0.5) is 0 Å². The van der Waals surface area contributed by atoms with Crippen LogP contribution < -0.4 is 15.8 Å². The molecule has 1 atom stereocenters. The van der Waals surface area contributed by atoms with Crippen LogP contribution in [0.5, 0.6) is 5.88 Å². The minimum absolute atomic E-state index is 0.0473. The molecule has 0 spiro atoms. The van der Waals surface area contributed by atoms with Crippen molar-refractivity contribution < 1.29 is 9.53 Å². The number of ether oxygens (including phenoxy) is 1. The van der Waals surface area contributed by atoms with Crippen molar-refractivity contribution in [2.24, 2.45) is 11.7 Å². The molecule has 0 saturated heterocycles. The summed E-state index contributed by atoms with van der Waals surface area (Å²) in [6.07, 6.45) is 3.00. The molecule has 0 aromatic carbocycles. The van der Waals surface area contributed by atoms with Gasteiger partial charge < -0.3 is 15.8 Å². The van der Waals surface area contributed by atoms with Crippen molar-refractivity contribution in [3.8, 4) is 5.88 Å². The molecule has 0 radical (unpaired) electrons. The third-order valence-electron chi connectivity index (χ3n) is 2.76. The van der Waals surface area contributed by atoms with Crippen molar-refractivity contribution in [1.29, 1.82) is 0 Å². The van der Waals surface area contributed by atoms with Crippen LogP contribution in [-0.4, -0.2) is 24.5 Å². The van der Waals surface area contributed by atoms with E-state index in [4.69, 9.17) is 10.5 Å². The molecule has 0 bridgehead atoms. The summed E-state index contributed by atoms with van der Waals surface area (Å²) in [6, 6.07) is 3.66. The lowest BCUT2D eigenvalue weighted by molar-refractivity contribution is -0.121. The maximum Gasteiger partial charge on any atom is 0.220 e. The van der Waals surface area contributed by atoms with Crippen LogP contribution >= 0.6 is 0 Å². The molecule has 1 unspecified atom stereocenters. The normalized spacial score (nSPS) is 11.9. The molecule has 1 aromatic heterocycles. The van der Waals surface area contributed by atoms with Crippen LogP contribution in [0.3, 0.4) is 0 Å². The minimum Gasteiger partial charge on any atom is -0.481 e. The second kappa shape index (κ2) is 7.66. The lowest BCUT2D eigenvalue weighted by atomic mass is 10.1. The second-order valence-electron chi connectivity index (χ2n) is 4.36. The first kappa shape index (κ1) is 14.4. The van der Waals surface area contributed by atoms with E-state index in [1.165, 1.54) is 0 Å². The van der Waals surface area contributed by atoms with Gasteiger partial charge in [0, 0.05) is 25.2 Å². The highest BCUT2D eigenvalue weighted by Gasteiger charge is 2.05. The molecule has 100 valence electrons. The minimum atomic E-state index is 0.0473. The predicted molar refractivity (Wildman–Crippen MR) is 70.1 cm³/mol. The first-order valence-electron chi connectivity index (χ1n) is 6.11. The molecule has 0 aliphatic rings. The fourth-order valence-electron chi connectivity index (χ4n) is 1.46. The lowest BCUT2D eigenvalue weighted by Gasteiger charge is -2.09. The Morgan fingerprint density at radius 2 is 2.39 bits per heavy atom. The van der Waals surface area contributed by atoms with E-state index in [1.54, 1.807) is 13.3 Å². The van der Waals surface area contributed by atoms with Gasteiger partial charge in [-0.25, -0.2) is 4.98 Å². The SMILES string of the molecule is COc1cc(CNC(=O)CCC(C)CN)ccn1. The first-order chi connectivity index (χ1) is 8.65. The molecule has 1 amide bonds. The molecule has 1 rings (SSSR count). The predicted octanol–water partition coefficient (Wildman–Crippen LogP) is 1.08. The molecule has 5 nitrogen and oxygen atoms in total. The van der Waals surface area contributed by atoms with Crippen molar-refractivity contribution in [2.75, 3.05) is 13.7 Å². The number of methoxy groups -OCH3 is 1. The summed E-state index contributed by atoms with van der Waals surface area (Å²) in [5.74, 6) is 0.987.